The molecular weight excluding hydrogens is 254 g/mol. The van der Waals surface area contributed by atoms with Gasteiger partial charge >= 0.3 is 5.97 Å². The van der Waals surface area contributed by atoms with Crippen LogP contribution in [0.5, 0.6) is 0 Å². The first kappa shape index (κ1) is 14.7. The molecule has 1 N–H and O–H groups in total. The van der Waals surface area contributed by atoms with E-state index in [1.54, 1.807) is 7.11 Å². The van der Waals surface area contributed by atoms with E-state index in [1.807, 2.05) is 18.4 Å². The van der Waals surface area contributed by atoms with Crippen molar-refractivity contribution in [1.29, 1.82) is 0 Å². The number of thiophene rings is 1. The highest BCUT2D eigenvalue weighted by atomic mass is 32.1. The number of hydrogen-bond donors (Lipinski definition) is 1. The lowest BCUT2D eigenvalue weighted by atomic mass is 10.2. The molecule has 0 bridgehead atoms. The third kappa shape index (κ3) is 3.82. The first-order valence-electron chi connectivity index (χ1n) is 5.66. The molecule has 6 heteroatoms. The highest BCUT2D eigenvalue weighted by Crippen LogP contribution is 2.20. The minimum absolute atomic E-state index is 0.235. The first-order valence-corrected chi connectivity index (χ1v) is 6.54. The van der Waals surface area contributed by atoms with Crippen LogP contribution in [0, 0.1) is 0 Å². The topological polar surface area (TPSA) is 66.8 Å². The van der Waals surface area contributed by atoms with Crippen molar-refractivity contribution in [2.45, 2.75) is 20.0 Å². The Hall–Kier alpha value is -1.40. The van der Waals surface area contributed by atoms with Crippen LogP contribution in [0.3, 0.4) is 0 Å². The van der Waals surface area contributed by atoms with Gasteiger partial charge in [0.2, 0.25) is 0 Å². The molecule has 1 heterocycles. The summed E-state index contributed by atoms with van der Waals surface area (Å²) >= 11 is 1.31. The molecule has 1 aromatic rings. The lowest BCUT2D eigenvalue weighted by Gasteiger charge is -2.19. The van der Waals surface area contributed by atoms with E-state index in [-0.39, 0.29) is 12.5 Å². The van der Waals surface area contributed by atoms with Gasteiger partial charge in [-0.15, -0.1) is 11.3 Å². The molecule has 0 aromatic carbocycles. The Labute approximate surface area is 110 Å². The molecule has 100 valence electrons. The van der Waals surface area contributed by atoms with Gasteiger partial charge in [0.25, 0.3) is 5.91 Å². The number of carbonyl (C=O) groups is 2. The van der Waals surface area contributed by atoms with Crippen molar-refractivity contribution >= 4 is 23.2 Å². The Bertz CT molecular complexity index is 416. The number of carbonyl (C=O) groups excluding carboxylic acids is 1. The Kier molecular flexibility index (Phi) is 5.80. The normalized spacial score (nSPS) is 10.3. The zero-order chi connectivity index (χ0) is 13.5. The van der Waals surface area contributed by atoms with Crippen molar-refractivity contribution in [3.05, 3.63) is 21.9 Å². The van der Waals surface area contributed by atoms with Crippen LogP contribution in [0.25, 0.3) is 0 Å². The van der Waals surface area contributed by atoms with Crippen molar-refractivity contribution in [2.24, 2.45) is 0 Å². The Morgan fingerprint density at radius 3 is 2.78 bits per heavy atom. The molecule has 1 amide bonds. The summed E-state index contributed by atoms with van der Waals surface area (Å²) in [6.07, 6.45) is 0.726. The van der Waals surface area contributed by atoms with E-state index < -0.39 is 5.97 Å². The SMILES string of the molecule is CCCN(CC(=O)O)C(=O)c1sccc1COC. The van der Waals surface area contributed by atoms with Crippen LogP contribution in [-0.2, 0) is 16.1 Å². The smallest absolute Gasteiger partial charge is 0.323 e. The molecule has 0 atom stereocenters. The van der Waals surface area contributed by atoms with Crippen LogP contribution in [0.15, 0.2) is 11.4 Å². The van der Waals surface area contributed by atoms with Crippen LogP contribution in [-0.4, -0.2) is 42.1 Å². The number of nitrogens with zero attached hydrogens (tertiary/aromatic N) is 1. The van der Waals surface area contributed by atoms with Gasteiger partial charge in [-0.3, -0.25) is 9.59 Å². The number of carboxylic acid groups (broad SMARTS) is 1. The summed E-state index contributed by atoms with van der Waals surface area (Å²) in [6, 6.07) is 1.83. The maximum atomic E-state index is 12.2. The predicted molar refractivity (Wildman–Crippen MR) is 68.9 cm³/mol. The average molecular weight is 271 g/mol. The second-order valence-electron chi connectivity index (χ2n) is 3.83. The summed E-state index contributed by atoms with van der Waals surface area (Å²) in [6.45, 7) is 2.44. The van der Waals surface area contributed by atoms with Gasteiger partial charge < -0.3 is 14.7 Å². The second kappa shape index (κ2) is 7.13. The number of carboxylic acids is 1. The molecule has 0 saturated carbocycles. The minimum Gasteiger partial charge on any atom is -0.480 e. The Morgan fingerprint density at radius 2 is 2.22 bits per heavy atom. The fourth-order valence-corrected chi connectivity index (χ4v) is 2.50. The molecule has 0 unspecified atom stereocenters. The Balaban J connectivity index is 2.86. The summed E-state index contributed by atoms with van der Waals surface area (Å²) < 4.78 is 5.02. The summed E-state index contributed by atoms with van der Waals surface area (Å²) in [7, 11) is 1.56. The number of ether oxygens (including phenoxy) is 1. The fraction of sp³-hybridized carbons (Fsp3) is 0.500. The minimum atomic E-state index is -0.998. The average Bonchev–Trinajstić information content (AvgIpc) is 2.76. The largest absolute Gasteiger partial charge is 0.480 e. The molecule has 0 spiro atoms. The van der Waals surface area contributed by atoms with Crippen molar-refractivity contribution in [1.82, 2.24) is 4.90 Å². The Morgan fingerprint density at radius 1 is 1.50 bits per heavy atom. The predicted octanol–water partition coefficient (Wildman–Crippen LogP) is 1.83. The third-order valence-electron chi connectivity index (χ3n) is 2.35. The maximum Gasteiger partial charge on any atom is 0.323 e. The molecule has 0 saturated heterocycles. The van der Waals surface area contributed by atoms with Gasteiger partial charge in [0.1, 0.15) is 6.54 Å². The molecule has 1 rings (SSSR count). The summed E-state index contributed by atoms with van der Waals surface area (Å²) in [5, 5.41) is 10.6. The van der Waals surface area contributed by atoms with Gasteiger partial charge in [-0.2, -0.15) is 0 Å². The van der Waals surface area contributed by atoms with Gasteiger partial charge in [-0.05, 0) is 17.9 Å². The van der Waals surface area contributed by atoms with E-state index in [2.05, 4.69) is 0 Å². The molecule has 0 fully saturated rings. The van der Waals surface area contributed by atoms with Crippen LogP contribution in [0.2, 0.25) is 0 Å². The van der Waals surface area contributed by atoms with Crippen molar-refractivity contribution in [3.63, 3.8) is 0 Å². The number of methoxy groups -OCH3 is 1. The standard InChI is InChI=1S/C12H17NO4S/c1-3-5-13(7-10(14)15)12(16)11-9(8-17-2)4-6-18-11/h4,6H,3,5,7-8H2,1-2H3,(H,14,15). The third-order valence-corrected chi connectivity index (χ3v) is 3.29. The highest BCUT2D eigenvalue weighted by molar-refractivity contribution is 7.12. The van der Waals surface area contributed by atoms with Crippen LogP contribution < -0.4 is 0 Å². The zero-order valence-corrected chi connectivity index (χ0v) is 11.3. The number of amides is 1. The van der Waals surface area contributed by atoms with Gasteiger partial charge in [0.15, 0.2) is 0 Å². The van der Waals surface area contributed by atoms with Crippen LogP contribution in [0.1, 0.15) is 28.6 Å². The molecule has 0 aliphatic carbocycles. The number of rotatable bonds is 7. The van der Waals surface area contributed by atoms with E-state index in [9.17, 15) is 9.59 Å². The number of aliphatic carboxylic acids is 1. The van der Waals surface area contributed by atoms with Crippen molar-refractivity contribution in [3.8, 4) is 0 Å². The first-order chi connectivity index (χ1) is 8.60. The van der Waals surface area contributed by atoms with E-state index in [0.717, 1.165) is 12.0 Å². The van der Waals surface area contributed by atoms with E-state index in [4.69, 9.17) is 9.84 Å². The lowest BCUT2D eigenvalue weighted by molar-refractivity contribution is -0.137. The van der Waals surface area contributed by atoms with Gasteiger partial charge in [0, 0.05) is 19.2 Å². The van der Waals surface area contributed by atoms with Crippen molar-refractivity contribution in [2.75, 3.05) is 20.2 Å². The summed E-state index contributed by atoms with van der Waals surface area (Å²) in [5.74, 6) is -1.23. The fourth-order valence-electron chi connectivity index (χ4n) is 1.62. The van der Waals surface area contributed by atoms with Gasteiger partial charge in [-0.1, -0.05) is 6.92 Å². The van der Waals surface area contributed by atoms with Crippen LogP contribution in [0.4, 0.5) is 0 Å². The molecule has 0 radical (unpaired) electrons. The van der Waals surface area contributed by atoms with Gasteiger partial charge in [-0.25, -0.2) is 0 Å². The van der Waals surface area contributed by atoms with E-state index in [1.165, 1.54) is 16.2 Å². The quantitative estimate of drug-likeness (QED) is 0.821. The highest BCUT2D eigenvalue weighted by Gasteiger charge is 2.21. The molecule has 18 heavy (non-hydrogen) atoms. The molecule has 0 aliphatic heterocycles. The molecule has 0 aliphatic rings. The molecule has 5 nitrogen and oxygen atoms in total. The van der Waals surface area contributed by atoms with Gasteiger partial charge in [0.05, 0.1) is 11.5 Å². The zero-order valence-electron chi connectivity index (χ0n) is 10.5. The second-order valence-corrected chi connectivity index (χ2v) is 4.74. The summed E-state index contributed by atoms with van der Waals surface area (Å²) in [5.41, 5.74) is 0.805. The number of hydrogen-bond acceptors (Lipinski definition) is 4. The van der Waals surface area contributed by atoms with Crippen LogP contribution >= 0.6 is 11.3 Å². The van der Waals surface area contributed by atoms with E-state index in [0.29, 0.717) is 18.0 Å². The van der Waals surface area contributed by atoms with E-state index >= 15 is 0 Å². The van der Waals surface area contributed by atoms with Crippen molar-refractivity contribution < 1.29 is 19.4 Å². The monoisotopic (exact) mass is 271 g/mol. The lowest BCUT2D eigenvalue weighted by Crippen LogP contribution is -2.36. The molecular formula is C12H17NO4S. The molecule has 1 aromatic heterocycles. The maximum absolute atomic E-state index is 12.2. The summed E-state index contributed by atoms with van der Waals surface area (Å²) in [4.78, 5) is 24.9.